The molecule has 3 aromatic rings. The summed E-state index contributed by atoms with van der Waals surface area (Å²) in [5.74, 6) is -1.50. The number of benzene rings is 2. The van der Waals surface area contributed by atoms with Crippen LogP contribution in [0.25, 0.3) is 11.8 Å². The topological polar surface area (TPSA) is 71.4 Å². The van der Waals surface area contributed by atoms with Gasteiger partial charge >= 0.3 is 6.03 Å². The number of barbiturate groups is 1. The summed E-state index contributed by atoms with van der Waals surface area (Å²) in [6, 6.07) is 11.1. The zero-order valence-electron chi connectivity index (χ0n) is 17.9. The first-order valence-electron chi connectivity index (χ1n) is 9.91. The predicted molar refractivity (Wildman–Crippen MR) is 130 cm³/mol. The van der Waals surface area contributed by atoms with Gasteiger partial charge in [-0.2, -0.15) is 0 Å². The van der Waals surface area contributed by atoms with Crippen LogP contribution in [0.5, 0.6) is 0 Å². The lowest BCUT2D eigenvalue weighted by Gasteiger charge is -2.27. The molecule has 168 valence electrons. The van der Waals surface area contributed by atoms with Crippen molar-refractivity contribution < 1.29 is 14.4 Å². The molecule has 9 heteroatoms. The van der Waals surface area contributed by atoms with E-state index < -0.39 is 17.8 Å². The van der Waals surface area contributed by atoms with Gasteiger partial charge in [0.05, 0.1) is 16.4 Å². The molecular formula is C24H18Cl3N3O3. The third kappa shape index (κ3) is 4.06. The van der Waals surface area contributed by atoms with Crippen LogP contribution in [0.15, 0.2) is 48.0 Å². The van der Waals surface area contributed by atoms with Gasteiger partial charge in [0.1, 0.15) is 5.57 Å². The number of aromatic nitrogens is 1. The van der Waals surface area contributed by atoms with E-state index in [1.54, 1.807) is 43.3 Å². The highest BCUT2D eigenvalue weighted by Gasteiger charge is 2.37. The summed E-state index contributed by atoms with van der Waals surface area (Å²) >= 11 is 18.6. The van der Waals surface area contributed by atoms with Gasteiger partial charge in [0, 0.05) is 21.4 Å². The molecule has 0 unspecified atom stereocenters. The van der Waals surface area contributed by atoms with Crippen molar-refractivity contribution in [3.05, 3.63) is 85.6 Å². The van der Waals surface area contributed by atoms with Crippen LogP contribution in [0.1, 0.15) is 22.5 Å². The van der Waals surface area contributed by atoms with Crippen molar-refractivity contribution in [1.29, 1.82) is 0 Å². The van der Waals surface area contributed by atoms with Gasteiger partial charge in [-0.05, 0) is 74.4 Å². The summed E-state index contributed by atoms with van der Waals surface area (Å²) in [5.41, 5.74) is 3.63. The molecule has 6 nitrogen and oxygen atoms in total. The molecule has 0 spiro atoms. The molecule has 1 aliphatic rings. The molecule has 0 aliphatic carbocycles. The molecule has 1 saturated heterocycles. The van der Waals surface area contributed by atoms with E-state index in [2.05, 4.69) is 5.32 Å². The van der Waals surface area contributed by atoms with Gasteiger partial charge in [0.25, 0.3) is 11.8 Å². The van der Waals surface area contributed by atoms with Gasteiger partial charge in [-0.25, -0.2) is 9.69 Å². The Labute approximate surface area is 205 Å². The highest BCUT2D eigenvalue weighted by molar-refractivity contribution is 6.40. The molecule has 1 aliphatic heterocycles. The molecule has 0 saturated carbocycles. The maximum absolute atomic E-state index is 13.3. The molecule has 1 fully saturated rings. The van der Waals surface area contributed by atoms with Crippen molar-refractivity contribution in [3.63, 3.8) is 0 Å². The van der Waals surface area contributed by atoms with Crippen LogP contribution >= 0.6 is 34.8 Å². The molecular weight excluding hydrogens is 485 g/mol. The second kappa shape index (κ2) is 8.71. The van der Waals surface area contributed by atoms with Gasteiger partial charge in [0.15, 0.2) is 0 Å². The Hall–Kier alpha value is -3.06. The molecule has 33 heavy (non-hydrogen) atoms. The van der Waals surface area contributed by atoms with Crippen LogP contribution in [0.4, 0.5) is 10.5 Å². The van der Waals surface area contributed by atoms with Crippen LogP contribution in [0.3, 0.4) is 0 Å². The lowest BCUT2D eigenvalue weighted by molar-refractivity contribution is -0.122. The van der Waals surface area contributed by atoms with E-state index in [-0.39, 0.29) is 5.57 Å². The van der Waals surface area contributed by atoms with Gasteiger partial charge in [-0.15, -0.1) is 0 Å². The highest BCUT2D eigenvalue weighted by Crippen LogP contribution is 2.32. The zero-order valence-corrected chi connectivity index (χ0v) is 20.1. The smallest absolute Gasteiger partial charge is 0.316 e. The fraction of sp³-hybridized carbons (Fsp3) is 0.125. The minimum Gasteiger partial charge on any atom is -0.316 e. The first-order chi connectivity index (χ1) is 15.6. The number of hydrogen-bond acceptors (Lipinski definition) is 3. The summed E-state index contributed by atoms with van der Waals surface area (Å²) in [6.07, 6.45) is 1.47. The minimum absolute atomic E-state index is 0.170. The molecule has 2 heterocycles. The molecule has 1 aromatic heterocycles. The summed E-state index contributed by atoms with van der Waals surface area (Å²) in [5, 5.41) is 3.61. The van der Waals surface area contributed by atoms with E-state index in [9.17, 15) is 14.4 Å². The normalized spacial score (nSPS) is 15.4. The van der Waals surface area contributed by atoms with Gasteiger partial charge in [-0.3, -0.25) is 14.9 Å². The molecule has 4 amide bonds. The van der Waals surface area contributed by atoms with Crippen LogP contribution in [-0.4, -0.2) is 22.4 Å². The van der Waals surface area contributed by atoms with Crippen molar-refractivity contribution in [2.24, 2.45) is 0 Å². The van der Waals surface area contributed by atoms with Crippen molar-refractivity contribution in [2.75, 3.05) is 4.90 Å². The summed E-state index contributed by atoms with van der Waals surface area (Å²) in [6.45, 7) is 5.43. The minimum atomic E-state index is -0.828. The second-order valence-corrected chi connectivity index (χ2v) is 8.85. The number of hydrogen-bond donors (Lipinski definition) is 1. The number of halogens is 3. The Morgan fingerprint density at radius 3 is 2.30 bits per heavy atom. The molecule has 0 bridgehead atoms. The number of carbonyl (C=O) groups excluding carboxylic acids is 3. The monoisotopic (exact) mass is 501 g/mol. The Morgan fingerprint density at radius 2 is 1.61 bits per heavy atom. The van der Waals surface area contributed by atoms with Crippen molar-refractivity contribution >= 4 is 64.4 Å². The number of urea groups is 1. The fourth-order valence-electron chi connectivity index (χ4n) is 3.84. The molecule has 0 radical (unpaired) electrons. The number of anilines is 1. The number of rotatable bonds is 3. The van der Waals surface area contributed by atoms with E-state index in [0.29, 0.717) is 37.6 Å². The lowest BCUT2D eigenvalue weighted by atomic mass is 10.1. The molecule has 4 rings (SSSR count). The third-order valence-electron chi connectivity index (χ3n) is 5.50. The predicted octanol–water partition coefficient (Wildman–Crippen LogP) is 6.03. The summed E-state index contributed by atoms with van der Waals surface area (Å²) in [7, 11) is 0. The maximum Gasteiger partial charge on any atom is 0.335 e. The SMILES string of the molecule is Cc1c(Cl)cccc1N1C(=O)NC(=O)/C(=C\c2cc(C)n(-c3ccc(Cl)cc3Cl)c2C)C1=O. The third-order valence-corrected chi connectivity index (χ3v) is 6.45. The zero-order chi connectivity index (χ0) is 24.0. The van der Waals surface area contributed by atoms with E-state index in [1.165, 1.54) is 6.08 Å². The van der Waals surface area contributed by atoms with Gasteiger partial charge < -0.3 is 4.57 Å². The van der Waals surface area contributed by atoms with E-state index in [4.69, 9.17) is 34.8 Å². The van der Waals surface area contributed by atoms with Gasteiger partial charge in [0.2, 0.25) is 0 Å². The van der Waals surface area contributed by atoms with Crippen LogP contribution in [0.2, 0.25) is 15.1 Å². The van der Waals surface area contributed by atoms with Crippen molar-refractivity contribution in [3.8, 4) is 5.69 Å². The Balaban J connectivity index is 1.80. The Bertz CT molecular complexity index is 1370. The highest BCUT2D eigenvalue weighted by atomic mass is 35.5. The molecule has 0 atom stereocenters. The maximum atomic E-state index is 13.3. The first-order valence-corrected chi connectivity index (χ1v) is 11.0. The van der Waals surface area contributed by atoms with Crippen LogP contribution in [-0.2, 0) is 9.59 Å². The summed E-state index contributed by atoms with van der Waals surface area (Å²) < 4.78 is 1.90. The fourth-order valence-corrected chi connectivity index (χ4v) is 4.50. The number of nitrogens with zero attached hydrogens (tertiary/aromatic N) is 2. The number of aryl methyl sites for hydroxylation is 1. The van der Waals surface area contributed by atoms with E-state index >= 15 is 0 Å². The quantitative estimate of drug-likeness (QED) is 0.351. The Morgan fingerprint density at radius 1 is 0.879 bits per heavy atom. The number of nitrogens with one attached hydrogen (secondary N) is 1. The van der Waals surface area contributed by atoms with Crippen LogP contribution in [0, 0.1) is 20.8 Å². The standard InChI is InChI=1S/C24H18Cl3N3O3/c1-12-9-15(14(3)29(12)21-8-7-16(25)11-19(21)27)10-17-22(31)28-24(33)30(23(17)32)20-6-4-5-18(26)13(20)2/h4-11H,1-3H3,(H,28,31,33)/b17-10+. The largest absolute Gasteiger partial charge is 0.335 e. The van der Waals surface area contributed by atoms with Crippen molar-refractivity contribution in [1.82, 2.24) is 9.88 Å². The Kier molecular flexibility index (Phi) is 6.10. The average Bonchev–Trinajstić information content (AvgIpc) is 3.01. The van der Waals surface area contributed by atoms with E-state index in [0.717, 1.165) is 16.3 Å². The first kappa shape index (κ1) is 23.1. The number of carbonyl (C=O) groups is 3. The number of imide groups is 2. The second-order valence-electron chi connectivity index (χ2n) is 7.60. The average molecular weight is 503 g/mol. The molecule has 2 aromatic carbocycles. The van der Waals surface area contributed by atoms with Gasteiger partial charge in [-0.1, -0.05) is 40.9 Å². The summed E-state index contributed by atoms with van der Waals surface area (Å²) in [4.78, 5) is 39.3. The lowest BCUT2D eigenvalue weighted by Crippen LogP contribution is -2.54. The number of amides is 4. The van der Waals surface area contributed by atoms with Crippen molar-refractivity contribution in [2.45, 2.75) is 20.8 Å². The van der Waals surface area contributed by atoms with E-state index in [1.807, 2.05) is 24.5 Å². The molecule has 1 N–H and O–H groups in total. The van der Waals surface area contributed by atoms with Crippen LogP contribution < -0.4 is 10.2 Å².